The minimum atomic E-state index is 0. The summed E-state index contributed by atoms with van der Waals surface area (Å²) in [4.78, 5) is 9.00. The number of aliphatic imine (C=N–C) groups is 1. The molecule has 0 bridgehead atoms. The summed E-state index contributed by atoms with van der Waals surface area (Å²) in [6.45, 7) is 6.96. The van der Waals surface area contributed by atoms with Crippen LogP contribution in [-0.4, -0.2) is 37.7 Å². The number of halogens is 1. The number of guanidine groups is 1. The van der Waals surface area contributed by atoms with Gasteiger partial charge in [-0.05, 0) is 43.2 Å². The maximum atomic E-state index is 5.70. The van der Waals surface area contributed by atoms with E-state index in [4.69, 9.17) is 9.47 Å². The zero-order valence-corrected chi connectivity index (χ0v) is 19.2. The van der Waals surface area contributed by atoms with Crippen molar-refractivity contribution in [2.45, 2.75) is 33.2 Å². The molecule has 28 heavy (non-hydrogen) atoms. The predicted molar refractivity (Wildman–Crippen MR) is 125 cm³/mol. The number of hydrogen-bond donors (Lipinski definition) is 2. The van der Waals surface area contributed by atoms with E-state index >= 15 is 0 Å². The minimum Gasteiger partial charge on any atom is -0.493 e. The number of benzene rings is 1. The van der Waals surface area contributed by atoms with Crippen molar-refractivity contribution in [2.24, 2.45) is 4.99 Å². The molecule has 7 heteroatoms. The SMILES string of the molecule is CCCOc1ccc(CN=C(NCC)NCCc2ccccn2)cc1OC.I. The Bertz CT molecular complexity index is 711. The standard InChI is InChI=1S/C21H30N4O2.HI/c1-4-14-27-19-10-9-17(15-20(19)26-3)16-25-21(22-5-2)24-13-11-18-8-6-7-12-23-18;/h6-10,12,15H,4-5,11,13-14,16H2,1-3H3,(H2,22,24,25);1H. The van der Waals surface area contributed by atoms with Crippen LogP contribution in [0.5, 0.6) is 11.5 Å². The van der Waals surface area contributed by atoms with E-state index in [1.807, 2.05) is 42.6 Å². The van der Waals surface area contributed by atoms with Crippen molar-refractivity contribution in [2.75, 3.05) is 26.8 Å². The van der Waals surface area contributed by atoms with Gasteiger partial charge in [-0.25, -0.2) is 4.99 Å². The van der Waals surface area contributed by atoms with Crippen LogP contribution in [-0.2, 0) is 13.0 Å². The Labute approximate surface area is 185 Å². The zero-order chi connectivity index (χ0) is 19.3. The van der Waals surface area contributed by atoms with E-state index in [1.54, 1.807) is 7.11 Å². The van der Waals surface area contributed by atoms with Crippen molar-refractivity contribution < 1.29 is 9.47 Å². The minimum absolute atomic E-state index is 0. The Morgan fingerprint density at radius 2 is 1.96 bits per heavy atom. The van der Waals surface area contributed by atoms with Gasteiger partial charge in [0.1, 0.15) is 0 Å². The molecular weight excluding hydrogens is 467 g/mol. The molecule has 0 fully saturated rings. The number of nitrogens with zero attached hydrogens (tertiary/aromatic N) is 2. The van der Waals surface area contributed by atoms with E-state index in [1.165, 1.54) is 0 Å². The lowest BCUT2D eigenvalue weighted by molar-refractivity contribution is 0.294. The third-order valence-corrected chi connectivity index (χ3v) is 3.85. The van der Waals surface area contributed by atoms with Crippen LogP contribution in [0.4, 0.5) is 0 Å². The number of methoxy groups -OCH3 is 1. The van der Waals surface area contributed by atoms with Gasteiger partial charge < -0.3 is 20.1 Å². The highest BCUT2D eigenvalue weighted by molar-refractivity contribution is 14.0. The highest BCUT2D eigenvalue weighted by atomic mass is 127. The Balaban J connectivity index is 0.00000392. The molecule has 154 valence electrons. The molecule has 0 atom stereocenters. The molecule has 0 saturated carbocycles. The predicted octanol–water partition coefficient (Wildman–Crippen LogP) is 3.79. The number of pyridine rings is 1. The van der Waals surface area contributed by atoms with Crippen molar-refractivity contribution in [3.8, 4) is 11.5 Å². The second kappa shape index (κ2) is 14.0. The fourth-order valence-electron chi connectivity index (χ4n) is 2.51. The number of rotatable bonds is 10. The van der Waals surface area contributed by atoms with Crippen LogP contribution >= 0.6 is 24.0 Å². The fourth-order valence-corrected chi connectivity index (χ4v) is 2.51. The molecule has 0 aliphatic rings. The lowest BCUT2D eigenvalue weighted by atomic mass is 10.2. The molecule has 0 spiro atoms. The Morgan fingerprint density at radius 3 is 2.64 bits per heavy atom. The molecule has 0 radical (unpaired) electrons. The van der Waals surface area contributed by atoms with E-state index in [0.29, 0.717) is 13.2 Å². The fraction of sp³-hybridized carbons (Fsp3) is 0.429. The molecule has 2 rings (SSSR count). The van der Waals surface area contributed by atoms with Crippen molar-refractivity contribution in [1.29, 1.82) is 0 Å². The van der Waals surface area contributed by atoms with Crippen molar-refractivity contribution >= 4 is 29.9 Å². The van der Waals surface area contributed by atoms with Gasteiger partial charge in [0.25, 0.3) is 0 Å². The van der Waals surface area contributed by atoms with E-state index in [2.05, 4.69) is 34.5 Å². The Kier molecular flexibility index (Phi) is 12.0. The highest BCUT2D eigenvalue weighted by Crippen LogP contribution is 2.28. The van der Waals surface area contributed by atoms with Crippen LogP contribution < -0.4 is 20.1 Å². The van der Waals surface area contributed by atoms with Crippen LogP contribution in [0.3, 0.4) is 0 Å². The van der Waals surface area contributed by atoms with Gasteiger partial charge in [-0.15, -0.1) is 24.0 Å². The van der Waals surface area contributed by atoms with Crippen molar-refractivity contribution in [3.63, 3.8) is 0 Å². The van der Waals surface area contributed by atoms with Gasteiger partial charge in [0.2, 0.25) is 0 Å². The van der Waals surface area contributed by atoms with E-state index in [9.17, 15) is 0 Å². The topological polar surface area (TPSA) is 67.8 Å². The van der Waals surface area contributed by atoms with Gasteiger partial charge in [-0.1, -0.05) is 19.1 Å². The first-order chi connectivity index (χ1) is 13.3. The van der Waals surface area contributed by atoms with Gasteiger partial charge in [0, 0.05) is 31.4 Å². The second-order valence-electron chi connectivity index (χ2n) is 6.03. The second-order valence-corrected chi connectivity index (χ2v) is 6.03. The van der Waals surface area contributed by atoms with E-state index < -0.39 is 0 Å². The summed E-state index contributed by atoms with van der Waals surface area (Å²) in [7, 11) is 1.66. The quantitative estimate of drug-likeness (QED) is 0.297. The lowest BCUT2D eigenvalue weighted by Gasteiger charge is -2.13. The van der Waals surface area contributed by atoms with Gasteiger partial charge >= 0.3 is 0 Å². The maximum absolute atomic E-state index is 5.70. The average molecular weight is 498 g/mol. The first kappa shape index (κ1) is 24.0. The normalized spacial score (nSPS) is 10.8. The van der Waals surface area contributed by atoms with E-state index in [-0.39, 0.29) is 24.0 Å². The van der Waals surface area contributed by atoms with Crippen LogP contribution in [0.15, 0.2) is 47.6 Å². The summed E-state index contributed by atoms with van der Waals surface area (Å²) in [5.74, 6) is 2.30. The molecule has 0 aliphatic heterocycles. The van der Waals surface area contributed by atoms with Crippen molar-refractivity contribution in [1.82, 2.24) is 15.6 Å². The molecule has 1 heterocycles. The first-order valence-corrected chi connectivity index (χ1v) is 9.48. The summed E-state index contributed by atoms with van der Waals surface area (Å²) >= 11 is 0. The number of aromatic nitrogens is 1. The summed E-state index contributed by atoms with van der Waals surface area (Å²) in [5, 5.41) is 6.62. The Morgan fingerprint density at radius 1 is 1.11 bits per heavy atom. The molecule has 0 aliphatic carbocycles. The number of ether oxygens (including phenoxy) is 2. The smallest absolute Gasteiger partial charge is 0.191 e. The number of hydrogen-bond acceptors (Lipinski definition) is 4. The summed E-state index contributed by atoms with van der Waals surface area (Å²) in [6.07, 6.45) is 3.63. The molecule has 0 amide bonds. The monoisotopic (exact) mass is 498 g/mol. The first-order valence-electron chi connectivity index (χ1n) is 9.48. The molecule has 0 saturated heterocycles. The average Bonchev–Trinajstić information content (AvgIpc) is 2.71. The third kappa shape index (κ3) is 8.33. The van der Waals surface area contributed by atoms with Gasteiger partial charge in [-0.2, -0.15) is 0 Å². The largest absolute Gasteiger partial charge is 0.493 e. The summed E-state index contributed by atoms with van der Waals surface area (Å²) in [6, 6.07) is 11.9. The van der Waals surface area contributed by atoms with Crippen LogP contribution in [0.25, 0.3) is 0 Å². The molecule has 6 nitrogen and oxygen atoms in total. The zero-order valence-electron chi connectivity index (χ0n) is 16.9. The van der Waals surface area contributed by atoms with Crippen LogP contribution in [0, 0.1) is 0 Å². The molecule has 2 aromatic rings. The molecule has 2 N–H and O–H groups in total. The number of nitrogens with one attached hydrogen (secondary N) is 2. The van der Waals surface area contributed by atoms with Gasteiger partial charge in [0.05, 0.1) is 20.3 Å². The maximum Gasteiger partial charge on any atom is 0.191 e. The van der Waals surface area contributed by atoms with Crippen LogP contribution in [0.1, 0.15) is 31.5 Å². The molecule has 0 unspecified atom stereocenters. The lowest BCUT2D eigenvalue weighted by Crippen LogP contribution is -2.38. The molecular formula is C21H31IN4O2. The highest BCUT2D eigenvalue weighted by Gasteiger charge is 2.06. The molecule has 1 aromatic carbocycles. The van der Waals surface area contributed by atoms with Crippen molar-refractivity contribution in [3.05, 3.63) is 53.9 Å². The van der Waals surface area contributed by atoms with Gasteiger partial charge in [0.15, 0.2) is 17.5 Å². The van der Waals surface area contributed by atoms with Gasteiger partial charge in [-0.3, -0.25) is 4.98 Å². The summed E-state index contributed by atoms with van der Waals surface area (Å²) < 4.78 is 11.1. The van der Waals surface area contributed by atoms with E-state index in [0.717, 1.165) is 54.6 Å². The molecule has 1 aromatic heterocycles. The van der Waals surface area contributed by atoms with Crippen LogP contribution in [0.2, 0.25) is 0 Å². The summed E-state index contributed by atoms with van der Waals surface area (Å²) in [5.41, 5.74) is 2.13. The third-order valence-electron chi connectivity index (χ3n) is 3.85. The Hall–Kier alpha value is -2.03.